The molecule has 104 valence electrons. The van der Waals surface area contributed by atoms with Crippen LogP contribution in [-0.2, 0) is 15.5 Å². The third kappa shape index (κ3) is 3.14. The first kappa shape index (κ1) is 14.5. The molecular weight excluding hydrogens is 278 g/mol. The van der Waals surface area contributed by atoms with Crippen LogP contribution in [-0.4, -0.2) is 21.8 Å². The number of aromatic nitrogens is 1. The molecule has 0 aromatic carbocycles. The van der Waals surface area contributed by atoms with Crippen molar-refractivity contribution in [3.8, 4) is 0 Å². The first-order valence-electron chi connectivity index (χ1n) is 6.25. The maximum absolute atomic E-state index is 11.8. The highest BCUT2D eigenvalue weighted by Gasteiger charge is 2.27. The molecule has 20 heavy (non-hydrogen) atoms. The zero-order valence-corrected chi connectivity index (χ0v) is 11.5. The Labute approximate surface area is 121 Å². The van der Waals surface area contributed by atoms with Gasteiger partial charge in [0.25, 0.3) is 0 Å². The van der Waals surface area contributed by atoms with Crippen LogP contribution >= 0.6 is 11.6 Å². The predicted octanol–water partition coefficient (Wildman–Crippen LogP) is 2.83. The molecule has 4 nitrogen and oxygen atoms in total. The Kier molecular flexibility index (Phi) is 4.69. The molecule has 0 bridgehead atoms. The van der Waals surface area contributed by atoms with Crippen LogP contribution in [0.15, 0.2) is 42.1 Å². The lowest BCUT2D eigenvalue weighted by Gasteiger charge is -2.16. The van der Waals surface area contributed by atoms with Crippen LogP contribution in [0.4, 0.5) is 0 Å². The summed E-state index contributed by atoms with van der Waals surface area (Å²) in [5.41, 5.74) is 1.63. The number of Topliss-reactive ketones (excluding diaryl/α,β-unsaturated/α-hetero) is 1. The van der Waals surface area contributed by atoms with E-state index in [2.05, 4.69) is 4.98 Å². The Hall–Kier alpha value is -1.94. The van der Waals surface area contributed by atoms with E-state index in [0.717, 1.165) is 0 Å². The Morgan fingerprint density at radius 3 is 2.95 bits per heavy atom. The molecular formula is C15H14ClNO3. The molecule has 1 aromatic rings. The molecule has 1 aromatic heterocycles. The quantitative estimate of drug-likeness (QED) is 0.847. The maximum atomic E-state index is 11.8. The summed E-state index contributed by atoms with van der Waals surface area (Å²) in [6.45, 7) is 0. The minimum Gasteiger partial charge on any atom is -0.481 e. The monoisotopic (exact) mass is 291 g/mol. The average molecular weight is 292 g/mol. The topological polar surface area (TPSA) is 67.3 Å². The Morgan fingerprint density at radius 1 is 1.50 bits per heavy atom. The number of carbonyl (C=O) groups is 2. The molecule has 1 N–H and O–H groups in total. The van der Waals surface area contributed by atoms with Crippen LogP contribution in [0.5, 0.6) is 0 Å². The number of nitrogens with zero attached hydrogens (tertiary/aromatic N) is 1. The summed E-state index contributed by atoms with van der Waals surface area (Å²) in [5.74, 6) is -1.70. The third-order valence-corrected chi connectivity index (χ3v) is 3.51. The number of alkyl halides is 1. The number of ketones is 1. The number of hydrogen-bond donors (Lipinski definition) is 1. The summed E-state index contributed by atoms with van der Waals surface area (Å²) in [6, 6.07) is 3.47. The first-order chi connectivity index (χ1) is 9.63. The molecule has 0 saturated carbocycles. The van der Waals surface area contributed by atoms with Crippen molar-refractivity contribution in [3.05, 3.63) is 53.4 Å². The standard InChI is InChI=1S/C15H14ClNO3/c16-9-11-5-3-7-17-14(11)12(15(19)20)8-10-4-1-2-6-13(10)18/h1-5,7,12H,6,8-9H2,(H,19,20). The number of hydrogen-bond acceptors (Lipinski definition) is 3. The number of pyridine rings is 1. The lowest BCUT2D eigenvalue weighted by atomic mass is 9.89. The molecule has 0 saturated heterocycles. The summed E-state index contributed by atoms with van der Waals surface area (Å²) >= 11 is 5.83. The van der Waals surface area contributed by atoms with Gasteiger partial charge in [0.15, 0.2) is 5.78 Å². The van der Waals surface area contributed by atoms with Crippen molar-refractivity contribution in [2.75, 3.05) is 0 Å². The summed E-state index contributed by atoms with van der Waals surface area (Å²) in [7, 11) is 0. The van der Waals surface area contributed by atoms with Gasteiger partial charge in [-0.15, -0.1) is 11.6 Å². The number of carboxylic acid groups (broad SMARTS) is 1. The highest BCUT2D eigenvalue weighted by molar-refractivity contribution is 6.17. The zero-order chi connectivity index (χ0) is 14.5. The van der Waals surface area contributed by atoms with Crippen molar-refractivity contribution in [2.24, 2.45) is 0 Å². The molecule has 0 amide bonds. The van der Waals surface area contributed by atoms with Gasteiger partial charge in [-0.3, -0.25) is 14.6 Å². The average Bonchev–Trinajstić information content (AvgIpc) is 2.46. The summed E-state index contributed by atoms with van der Waals surface area (Å²) in [5, 5.41) is 9.42. The van der Waals surface area contributed by atoms with Gasteiger partial charge < -0.3 is 5.11 Å². The molecule has 0 spiro atoms. The molecule has 1 aliphatic rings. The molecule has 1 unspecified atom stereocenters. The minimum atomic E-state index is -1.00. The Morgan fingerprint density at radius 2 is 2.30 bits per heavy atom. The normalized spacial score (nSPS) is 15.8. The van der Waals surface area contributed by atoms with Gasteiger partial charge in [0.05, 0.1) is 5.69 Å². The lowest BCUT2D eigenvalue weighted by molar-refractivity contribution is -0.138. The molecule has 0 fully saturated rings. The van der Waals surface area contributed by atoms with Crippen molar-refractivity contribution in [1.82, 2.24) is 4.98 Å². The highest BCUT2D eigenvalue weighted by Crippen LogP contribution is 2.28. The van der Waals surface area contributed by atoms with E-state index >= 15 is 0 Å². The van der Waals surface area contributed by atoms with E-state index in [0.29, 0.717) is 23.3 Å². The van der Waals surface area contributed by atoms with Crippen LogP contribution in [0, 0.1) is 0 Å². The van der Waals surface area contributed by atoms with Crippen molar-refractivity contribution < 1.29 is 14.7 Å². The van der Waals surface area contributed by atoms with E-state index in [9.17, 15) is 14.7 Å². The van der Waals surface area contributed by atoms with E-state index < -0.39 is 11.9 Å². The number of aliphatic carboxylic acids is 1. The van der Waals surface area contributed by atoms with Gasteiger partial charge in [-0.2, -0.15) is 0 Å². The Balaban J connectivity index is 2.32. The van der Waals surface area contributed by atoms with Gasteiger partial charge >= 0.3 is 5.97 Å². The largest absolute Gasteiger partial charge is 0.481 e. The smallest absolute Gasteiger partial charge is 0.312 e. The maximum Gasteiger partial charge on any atom is 0.312 e. The van der Waals surface area contributed by atoms with Gasteiger partial charge in [-0.05, 0) is 23.6 Å². The number of carboxylic acids is 1. The minimum absolute atomic E-state index is 0.0397. The van der Waals surface area contributed by atoms with Crippen LogP contribution < -0.4 is 0 Å². The van der Waals surface area contributed by atoms with E-state index in [1.807, 2.05) is 0 Å². The lowest BCUT2D eigenvalue weighted by Crippen LogP contribution is -2.18. The summed E-state index contributed by atoms with van der Waals surface area (Å²) < 4.78 is 0. The Bertz CT molecular complexity index is 593. The fraction of sp³-hybridized carbons (Fsp3) is 0.267. The van der Waals surface area contributed by atoms with Crippen molar-refractivity contribution >= 4 is 23.4 Å². The van der Waals surface area contributed by atoms with Crippen LogP contribution in [0.25, 0.3) is 0 Å². The highest BCUT2D eigenvalue weighted by atomic mass is 35.5. The second kappa shape index (κ2) is 6.48. The molecule has 0 radical (unpaired) electrons. The van der Waals surface area contributed by atoms with Gasteiger partial charge in [0.1, 0.15) is 5.92 Å². The molecule has 2 rings (SSSR count). The van der Waals surface area contributed by atoms with Gasteiger partial charge in [0, 0.05) is 18.5 Å². The number of allylic oxidation sites excluding steroid dienone is 4. The summed E-state index contributed by atoms with van der Waals surface area (Å²) in [4.78, 5) is 27.4. The molecule has 5 heteroatoms. The van der Waals surface area contributed by atoms with Gasteiger partial charge in [0.2, 0.25) is 0 Å². The predicted molar refractivity (Wildman–Crippen MR) is 75.6 cm³/mol. The fourth-order valence-electron chi connectivity index (χ4n) is 2.16. The van der Waals surface area contributed by atoms with Crippen LogP contribution in [0.2, 0.25) is 0 Å². The van der Waals surface area contributed by atoms with Crippen molar-refractivity contribution in [3.63, 3.8) is 0 Å². The van der Waals surface area contributed by atoms with Gasteiger partial charge in [-0.25, -0.2) is 0 Å². The molecule has 0 aliphatic heterocycles. The van der Waals surface area contributed by atoms with Crippen molar-refractivity contribution in [2.45, 2.75) is 24.6 Å². The first-order valence-corrected chi connectivity index (χ1v) is 6.78. The van der Waals surface area contributed by atoms with E-state index in [1.165, 1.54) is 6.20 Å². The van der Waals surface area contributed by atoms with Crippen LogP contribution in [0.3, 0.4) is 0 Å². The van der Waals surface area contributed by atoms with Crippen LogP contribution in [0.1, 0.15) is 30.0 Å². The fourth-order valence-corrected chi connectivity index (χ4v) is 2.39. The molecule has 1 atom stereocenters. The second-order valence-corrected chi connectivity index (χ2v) is 4.79. The molecule has 1 aliphatic carbocycles. The molecule has 1 heterocycles. The van der Waals surface area contributed by atoms with Crippen molar-refractivity contribution in [1.29, 1.82) is 0 Å². The van der Waals surface area contributed by atoms with E-state index in [-0.39, 0.29) is 18.1 Å². The van der Waals surface area contributed by atoms with E-state index in [1.54, 1.807) is 30.4 Å². The zero-order valence-electron chi connectivity index (χ0n) is 10.8. The SMILES string of the molecule is O=C1CC=CC=C1CC(C(=O)O)c1ncccc1CCl. The second-order valence-electron chi connectivity index (χ2n) is 4.52. The number of rotatable bonds is 5. The van der Waals surface area contributed by atoms with Gasteiger partial charge in [-0.1, -0.05) is 24.3 Å². The summed E-state index contributed by atoms with van der Waals surface area (Å²) in [6.07, 6.45) is 7.20. The third-order valence-electron chi connectivity index (χ3n) is 3.22. The number of carbonyl (C=O) groups excluding carboxylic acids is 1. The van der Waals surface area contributed by atoms with E-state index in [4.69, 9.17) is 11.6 Å². The number of halogens is 1.